The van der Waals surface area contributed by atoms with E-state index in [1.807, 2.05) is 6.92 Å². The molecule has 0 aliphatic carbocycles. The number of piperidine rings is 1. The molecule has 0 bridgehead atoms. The zero-order valence-electron chi connectivity index (χ0n) is 21.3. The number of benzene rings is 2. The van der Waals surface area contributed by atoms with Gasteiger partial charge in [0.25, 0.3) is 5.91 Å². The first-order valence-electron chi connectivity index (χ1n) is 12.3. The van der Waals surface area contributed by atoms with Gasteiger partial charge in [0.05, 0.1) is 34.1 Å². The summed E-state index contributed by atoms with van der Waals surface area (Å²) in [6.45, 7) is 5.06. The van der Waals surface area contributed by atoms with Gasteiger partial charge in [-0.15, -0.1) is 0 Å². The lowest BCUT2D eigenvalue weighted by Crippen LogP contribution is -2.32. The third-order valence-electron chi connectivity index (χ3n) is 6.58. The fourth-order valence-corrected chi connectivity index (χ4v) is 4.69. The van der Waals surface area contributed by atoms with E-state index >= 15 is 0 Å². The molecule has 1 saturated heterocycles. The van der Waals surface area contributed by atoms with Gasteiger partial charge in [-0.1, -0.05) is 11.6 Å². The number of ether oxygens (including phenoxy) is 2. The van der Waals surface area contributed by atoms with Crippen LogP contribution in [0.25, 0.3) is 10.9 Å². The highest BCUT2D eigenvalue weighted by Gasteiger charge is 2.21. The van der Waals surface area contributed by atoms with Crippen LogP contribution in [-0.4, -0.2) is 62.4 Å². The third-order valence-corrected chi connectivity index (χ3v) is 6.98. The summed E-state index contributed by atoms with van der Waals surface area (Å²) in [7, 11) is 3.69. The van der Waals surface area contributed by atoms with Gasteiger partial charge in [0, 0.05) is 36.8 Å². The molecule has 2 aromatic carbocycles. The van der Waals surface area contributed by atoms with Crippen LogP contribution < -0.4 is 25.8 Å². The second-order valence-corrected chi connectivity index (χ2v) is 9.51. The Morgan fingerprint density at radius 1 is 1.24 bits per heavy atom. The van der Waals surface area contributed by atoms with Crippen LogP contribution in [0.5, 0.6) is 17.2 Å². The van der Waals surface area contributed by atoms with E-state index in [2.05, 4.69) is 27.6 Å². The molecule has 10 heteroatoms. The lowest BCUT2D eigenvalue weighted by molar-refractivity contribution is 0.0956. The van der Waals surface area contributed by atoms with Crippen molar-refractivity contribution >= 4 is 46.1 Å². The van der Waals surface area contributed by atoms with Crippen molar-refractivity contribution in [3.63, 3.8) is 0 Å². The van der Waals surface area contributed by atoms with Gasteiger partial charge >= 0.3 is 0 Å². The van der Waals surface area contributed by atoms with E-state index in [1.54, 1.807) is 31.4 Å². The van der Waals surface area contributed by atoms with Crippen LogP contribution in [0.4, 0.5) is 11.4 Å². The summed E-state index contributed by atoms with van der Waals surface area (Å²) < 4.78 is 12.3. The zero-order valence-corrected chi connectivity index (χ0v) is 22.0. The summed E-state index contributed by atoms with van der Waals surface area (Å²) in [5.41, 5.74) is 8.20. The Balaban J connectivity index is 1.70. The molecule has 37 heavy (non-hydrogen) atoms. The smallest absolute Gasteiger partial charge is 0.254 e. The van der Waals surface area contributed by atoms with Gasteiger partial charge in [-0.2, -0.15) is 0 Å². The van der Waals surface area contributed by atoms with Crippen LogP contribution in [0.2, 0.25) is 5.02 Å². The molecule has 1 fully saturated rings. The van der Waals surface area contributed by atoms with Crippen molar-refractivity contribution in [3.8, 4) is 17.2 Å². The monoisotopic (exact) mass is 525 g/mol. The van der Waals surface area contributed by atoms with Crippen molar-refractivity contribution in [2.45, 2.75) is 19.8 Å². The number of nitrogens with one attached hydrogen (secondary N) is 2. The lowest BCUT2D eigenvalue weighted by Gasteiger charge is -2.29. The average Bonchev–Trinajstić information content (AvgIpc) is 2.91. The number of nitrogen functional groups attached to an aromatic ring is 1. The molecule has 0 spiro atoms. The third kappa shape index (κ3) is 5.73. The maximum atomic E-state index is 12.8. The average molecular weight is 526 g/mol. The minimum atomic E-state index is -0.282. The molecule has 1 aliphatic heterocycles. The molecule has 0 atom stereocenters. The number of nitrogens with zero attached hydrogens (tertiary/aromatic N) is 2. The van der Waals surface area contributed by atoms with Crippen molar-refractivity contribution in [2.75, 3.05) is 51.4 Å². The number of fused-ring (bicyclic) bond motifs is 1. The number of carbonyl (C=O) groups is 2. The van der Waals surface area contributed by atoms with Crippen LogP contribution >= 0.6 is 11.6 Å². The van der Waals surface area contributed by atoms with Crippen molar-refractivity contribution < 1.29 is 19.1 Å². The van der Waals surface area contributed by atoms with Gasteiger partial charge in [0.15, 0.2) is 12.0 Å². The van der Waals surface area contributed by atoms with Crippen LogP contribution in [0, 0.1) is 5.92 Å². The summed E-state index contributed by atoms with van der Waals surface area (Å²) in [5.74, 6) is 1.25. The van der Waals surface area contributed by atoms with E-state index in [-0.39, 0.29) is 22.4 Å². The molecule has 1 amide bonds. The molecule has 9 nitrogen and oxygen atoms in total. The lowest BCUT2D eigenvalue weighted by atomic mass is 9.98. The SMILES string of the molecule is CCNc1c(C=O)cc(Oc2ccnc3cc(OCC4CCN(C)CC4)c(C(=O)NC)cc23)c(N)c1Cl. The van der Waals surface area contributed by atoms with Crippen LogP contribution in [0.1, 0.15) is 40.5 Å². The Labute approximate surface area is 221 Å². The Morgan fingerprint density at radius 3 is 2.68 bits per heavy atom. The number of nitrogens with two attached hydrogens (primary N) is 1. The predicted molar refractivity (Wildman–Crippen MR) is 146 cm³/mol. The molecule has 2 heterocycles. The molecule has 196 valence electrons. The maximum absolute atomic E-state index is 12.8. The largest absolute Gasteiger partial charge is 0.492 e. The number of rotatable bonds is 9. The summed E-state index contributed by atoms with van der Waals surface area (Å²) in [6.07, 6.45) is 4.39. The highest BCUT2D eigenvalue weighted by Crippen LogP contribution is 2.42. The van der Waals surface area contributed by atoms with Crippen LogP contribution in [0.3, 0.4) is 0 Å². The second kappa shape index (κ2) is 11.7. The number of anilines is 2. The molecular weight excluding hydrogens is 494 g/mol. The van der Waals surface area contributed by atoms with E-state index in [4.69, 9.17) is 26.8 Å². The van der Waals surface area contributed by atoms with Gasteiger partial charge in [0.1, 0.15) is 11.5 Å². The van der Waals surface area contributed by atoms with Gasteiger partial charge in [-0.3, -0.25) is 14.6 Å². The summed E-state index contributed by atoms with van der Waals surface area (Å²) in [4.78, 5) is 31.3. The van der Waals surface area contributed by atoms with Gasteiger partial charge in [0.2, 0.25) is 0 Å². The minimum Gasteiger partial charge on any atom is -0.492 e. The summed E-state index contributed by atoms with van der Waals surface area (Å²) in [5, 5.41) is 6.53. The van der Waals surface area contributed by atoms with E-state index < -0.39 is 0 Å². The van der Waals surface area contributed by atoms with Crippen molar-refractivity contribution in [1.29, 1.82) is 0 Å². The van der Waals surface area contributed by atoms with Gasteiger partial charge in [-0.05, 0) is 64.0 Å². The van der Waals surface area contributed by atoms with Crippen LogP contribution in [-0.2, 0) is 0 Å². The van der Waals surface area contributed by atoms with E-state index in [1.165, 1.54) is 6.07 Å². The van der Waals surface area contributed by atoms with Crippen molar-refractivity contribution in [2.24, 2.45) is 5.92 Å². The molecule has 0 saturated carbocycles. The van der Waals surface area contributed by atoms with Gasteiger partial charge < -0.3 is 30.7 Å². The summed E-state index contributed by atoms with van der Waals surface area (Å²) in [6, 6.07) is 6.66. The number of halogens is 1. The molecule has 1 aliphatic rings. The van der Waals surface area contributed by atoms with E-state index in [9.17, 15) is 9.59 Å². The molecule has 0 unspecified atom stereocenters. The number of hydrogen-bond acceptors (Lipinski definition) is 8. The molecule has 4 rings (SSSR count). The number of aldehydes is 1. The Kier molecular flexibility index (Phi) is 8.35. The maximum Gasteiger partial charge on any atom is 0.254 e. The minimum absolute atomic E-state index is 0.192. The number of pyridine rings is 1. The first-order valence-corrected chi connectivity index (χ1v) is 12.7. The first kappa shape index (κ1) is 26.5. The van der Waals surface area contributed by atoms with E-state index in [0.29, 0.717) is 64.6 Å². The molecule has 3 aromatic rings. The number of amides is 1. The Morgan fingerprint density at radius 2 is 2.00 bits per heavy atom. The molecular formula is C27H32ClN5O4. The highest BCUT2D eigenvalue weighted by molar-refractivity contribution is 6.36. The number of aromatic nitrogens is 1. The van der Waals surface area contributed by atoms with Gasteiger partial charge in [-0.25, -0.2) is 0 Å². The zero-order chi connectivity index (χ0) is 26.5. The standard InChI is InChI=1S/C27H32ClN5O4/c1-4-31-26-17(14-34)11-23(25(29)24(26)28)37-21-5-8-32-20-13-22(19(12-18(20)21)27(35)30-2)36-15-16-6-9-33(3)10-7-16/h5,8,11-14,16,31H,4,6-7,9-10,15,29H2,1-3H3,(H,30,35). The molecule has 4 N–H and O–H groups in total. The normalized spacial score (nSPS) is 14.4. The molecule has 1 aromatic heterocycles. The quantitative estimate of drug-likeness (QED) is 0.274. The fraction of sp³-hybridized carbons (Fsp3) is 0.370. The second-order valence-electron chi connectivity index (χ2n) is 9.13. The van der Waals surface area contributed by atoms with Crippen LogP contribution in [0.15, 0.2) is 30.5 Å². The predicted octanol–water partition coefficient (Wildman–Crippen LogP) is 4.59. The summed E-state index contributed by atoms with van der Waals surface area (Å²) >= 11 is 6.45. The topological polar surface area (TPSA) is 119 Å². The fourth-order valence-electron chi connectivity index (χ4n) is 4.42. The Hall–Kier alpha value is -3.56. The van der Waals surface area contributed by atoms with Crippen molar-refractivity contribution in [1.82, 2.24) is 15.2 Å². The Bertz CT molecular complexity index is 1310. The molecule has 0 radical (unpaired) electrons. The number of carbonyl (C=O) groups excluding carboxylic acids is 2. The van der Waals surface area contributed by atoms with E-state index in [0.717, 1.165) is 25.9 Å². The first-order chi connectivity index (χ1) is 17.9. The number of hydrogen-bond donors (Lipinski definition) is 3. The highest BCUT2D eigenvalue weighted by atomic mass is 35.5. The number of likely N-dealkylation sites (tertiary alicyclic amines) is 1. The van der Waals surface area contributed by atoms with Crippen molar-refractivity contribution in [3.05, 3.63) is 46.6 Å².